The van der Waals surface area contributed by atoms with Crippen LogP contribution in [0.1, 0.15) is 25.0 Å². The summed E-state index contributed by atoms with van der Waals surface area (Å²) in [5, 5.41) is 0. The van der Waals surface area contributed by atoms with Gasteiger partial charge in [-0.2, -0.15) is 0 Å². The minimum absolute atomic E-state index is 0.220. The monoisotopic (exact) mass is 276 g/mol. The van der Waals surface area contributed by atoms with E-state index in [1.807, 2.05) is 0 Å². The van der Waals surface area contributed by atoms with Crippen LogP contribution in [0.4, 0.5) is 4.39 Å². The summed E-state index contributed by atoms with van der Waals surface area (Å²) < 4.78 is 19.1. The first-order valence-corrected chi connectivity index (χ1v) is 6.93. The van der Waals surface area contributed by atoms with E-state index in [0.717, 1.165) is 30.8 Å². The van der Waals surface area contributed by atoms with Crippen molar-refractivity contribution in [3.05, 3.63) is 35.1 Å². The van der Waals surface area contributed by atoms with Gasteiger partial charge in [-0.15, -0.1) is 0 Å². The maximum absolute atomic E-state index is 13.3. The first-order valence-electron chi connectivity index (χ1n) is 6.93. The van der Waals surface area contributed by atoms with E-state index in [1.165, 1.54) is 12.1 Å². The largest absolute Gasteiger partial charge is 0.373 e. The van der Waals surface area contributed by atoms with Crippen LogP contribution in [-0.2, 0) is 11.3 Å². The molecule has 1 aliphatic rings. The number of hydrogen-bond acceptors (Lipinski definition) is 3. The van der Waals surface area contributed by atoms with Gasteiger partial charge in [-0.1, -0.05) is 17.9 Å². The number of ether oxygens (including phenoxy) is 1. The summed E-state index contributed by atoms with van der Waals surface area (Å²) in [6, 6.07) is 4.77. The van der Waals surface area contributed by atoms with Gasteiger partial charge in [0.25, 0.3) is 0 Å². The molecule has 0 saturated carbocycles. The molecule has 1 fully saturated rings. The van der Waals surface area contributed by atoms with Gasteiger partial charge >= 0.3 is 0 Å². The molecule has 0 radical (unpaired) electrons. The molecule has 2 atom stereocenters. The molecule has 4 heteroatoms. The molecular formula is C16H21FN2O. The Morgan fingerprint density at radius 1 is 1.35 bits per heavy atom. The minimum atomic E-state index is -0.265. The molecule has 0 bridgehead atoms. The lowest BCUT2D eigenvalue weighted by Crippen LogP contribution is -2.44. The number of hydrogen-bond donors (Lipinski definition) is 1. The van der Waals surface area contributed by atoms with Crippen molar-refractivity contribution in [2.24, 2.45) is 5.73 Å². The first-order chi connectivity index (χ1) is 9.58. The highest BCUT2D eigenvalue weighted by molar-refractivity contribution is 5.42. The highest BCUT2D eigenvalue weighted by Crippen LogP contribution is 2.17. The zero-order valence-corrected chi connectivity index (χ0v) is 12.0. The second kappa shape index (κ2) is 6.85. The molecule has 0 aliphatic carbocycles. The maximum atomic E-state index is 13.3. The Balaban J connectivity index is 2.16. The zero-order valence-electron chi connectivity index (χ0n) is 12.0. The average molecular weight is 276 g/mol. The summed E-state index contributed by atoms with van der Waals surface area (Å²) in [5.74, 6) is 5.48. The predicted molar refractivity (Wildman–Crippen MR) is 77.6 cm³/mol. The molecule has 1 aliphatic heterocycles. The molecule has 2 rings (SSSR count). The Labute approximate surface area is 119 Å². The summed E-state index contributed by atoms with van der Waals surface area (Å²) in [7, 11) is 0. The van der Waals surface area contributed by atoms with Crippen molar-refractivity contribution < 1.29 is 9.13 Å². The third kappa shape index (κ3) is 4.04. The lowest BCUT2D eigenvalue weighted by molar-refractivity contribution is -0.0705. The molecule has 20 heavy (non-hydrogen) atoms. The molecule has 1 saturated heterocycles. The number of rotatable bonds is 2. The SMILES string of the molecule is CC1CN(Cc2ccc(F)cc2C#CCN)CC(C)O1. The Kier molecular flexibility index (Phi) is 5.13. The van der Waals surface area contributed by atoms with Crippen LogP contribution in [-0.4, -0.2) is 36.7 Å². The average Bonchev–Trinajstić information content (AvgIpc) is 2.38. The van der Waals surface area contributed by atoms with E-state index in [1.54, 1.807) is 6.07 Å². The number of halogens is 1. The van der Waals surface area contributed by atoms with Crippen molar-refractivity contribution in [3.63, 3.8) is 0 Å². The quantitative estimate of drug-likeness (QED) is 0.836. The van der Waals surface area contributed by atoms with E-state index >= 15 is 0 Å². The number of benzene rings is 1. The smallest absolute Gasteiger partial charge is 0.124 e. The van der Waals surface area contributed by atoms with Crippen LogP contribution in [0.15, 0.2) is 18.2 Å². The van der Waals surface area contributed by atoms with Gasteiger partial charge in [-0.05, 0) is 31.5 Å². The summed E-state index contributed by atoms with van der Waals surface area (Å²) in [6.45, 7) is 6.94. The Morgan fingerprint density at radius 2 is 2.05 bits per heavy atom. The van der Waals surface area contributed by atoms with Gasteiger partial charge in [-0.3, -0.25) is 4.90 Å². The van der Waals surface area contributed by atoms with E-state index in [-0.39, 0.29) is 24.6 Å². The molecule has 1 aromatic rings. The van der Waals surface area contributed by atoms with Gasteiger partial charge < -0.3 is 10.5 Å². The fraction of sp³-hybridized carbons (Fsp3) is 0.500. The second-order valence-electron chi connectivity index (χ2n) is 5.26. The van der Waals surface area contributed by atoms with Gasteiger partial charge in [0.2, 0.25) is 0 Å². The van der Waals surface area contributed by atoms with E-state index in [4.69, 9.17) is 10.5 Å². The molecule has 3 nitrogen and oxygen atoms in total. The highest BCUT2D eigenvalue weighted by atomic mass is 19.1. The number of morpholine rings is 1. The van der Waals surface area contributed by atoms with Crippen LogP contribution in [0.2, 0.25) is 0 Å². The third-order valence-electron chi connectivity index (χ3n) is 3.29. The topological polar surface area (TPSA) is 38.5 Å². The Morgan fingerprint density at radius 3 is 2.70 bits per heavy atom. The fourth-order valence-corrected chi connectivity index (χ4v) is 2.60. The van der Waals surface area contributed by atoms with Crippen LogP contribution >= 0.6 is 0 Å². The predicted octanol–water partition coefficient (Wildman–Crippen LogP) is 1.75. The highest BCUT2D eigenvalue weighted by Gasteiger charge is 2.22. The molecule has 2 unspecified atom stereocenters. The zero-order chi connectivity index (χ0) is 14.5. The van der Waals surface area contributed by atoms with Gasteiger partial charge in [0.15, 0.2) is 0 Å². The summed E-state index contributed by atoms with van der Waals surface area (Å²) in [4.78, 5) is 2.32. The van der Waals surface area contributed by atoms with E-state index in [0.29, 0.717) is 0 Å². The van der Waals surface area contributed by atoms with Crippen molar-refractivity contribution in [1.29, 1.82) is 0 Å². The fourth-order valence-electron chi connectivity index (χ4n) is 2.60. The van der Waals surface area contributed by atoms with E-state index in [9.17, 15) is 4.39 Å². The molecule has 0 amide bonds. The van der Waals surface area contributed by atoms with Crippen molar-refractivity contribution in [2.75, 3.05) is 19.6 Å². The Hall–Kier alpha value is -1.41. The molecular weight excluding hydrogens is 255 g/mol. The van der Waals surface area contributed by atoms with Crippen LogP contribution in [0.5, 0.6) is 0 Å². The van der Waals surface area contributed by atoms with Gasteiger partial charge in [0.05, 0.1) is 18.8 Å². The second-order valence-corrected chi connectivity index (χ2v) is 5.26. The number of nitrogens with zero attached hydrogens (tertiary/aromatic N) is 1. The minimum Gasteiger partial charge on any atom is -0.373 e. The normalized spacial score (nSPS) is 23.2. The lowest BCUT2D eigenvalue weighted by Gasteiger charge is -2.35. The molecule has 2 N–H and O–H groups in total. The number of nitrogens with two attached hydrogens (primary N) is 1. The molecule has 1 aromatic carbocycles. The van der Waals surface area contributed by atoms with Crippen molar-refractivity contribution in [3.8, 4) is 11.8 Å². The molecule has 1 heterocycles. The van der Waals surface area contributed by atoms with Gasteiger partial charge in [-0.25, -0.2) is 4.39 Å². The van der Waals surface area contributed by atoms with E-state index in [2.05, 4.69) is 30.6 Å². The summed E-state index contributed by atoms with van der Waals surface area (Å²) in [6.07, 6.45) is 0.440. The standard InChI is InChI=1S/C16H21FN2O/c1-12-9-19(10-13(2)20-12)11-15-5-6-16(17)8-14(15)4-3-7-18/h5-6,8,12-13H,7,9-11,18H2,1-2H3. The maximum Gasteiger partial charge on any atom is 0.124 e. The van der Waals surface area contributed by atoms with Crippen molar-refractivity contribution in [2.45, 2.75) is 32.6 Å². The van der Waals surface area contributed by atoms with Crippen molar-refractivity contribution >= 4 is 0 Å². The van der Waals surface area contributed by atoms with E-state index < -0.39 is 0 Å². The Bertz CT molecular complexity index is 511. The summed E-state index contributed by atoms with van der Waals surface area (Å²) in [5.41, 5.74) is 7.15. The lowest BCUT2D eigenvalue weighted by atomic mass is 10.1. The molecule has 0 spiro atoms. The van der Waals surface area contributed by atoms with Crippen LogP contribution in [0.25, 0.3) is 0 Å². The van der Waals surface area contributed by atoms with Gasteiger partial charge in [0.1, 0.15) is 5.82 Å². The van der Waals surface area contributed by atoms with Crippen LogP contribution in [0.3, 0.4) is 0 Å². The third-order valence-corrected chi connectivity index (χ3v) is 3.29. The first kappa shape index (κ1) is 15.0. The summed E-state index contributed by atoms with van der Waals surface area (Å²) >= 11 is 0. The van der Waals surface area contributed by atoms with Crippen molar-refractivity contribution in [1.82, 2.24) is 4.90 Å². The molecule has 108 valence electrons. The van der Waals surface area contributed by atoms with Crippen LogP contribution in [0, 0.1) is 17.7 Å². The van der Waals surface area contributed by atoms with Crippen LogP contribution < -0.4 is 5.73 Å². The molecule has 0 aromatic heterocycles. The van der Waals surface area contributed by atoms with Gasteiger partial charge in [0, 0.05) is 25.2 Å².